The van der Waals surface area contributed by atoms with Crippen LogP contribution < -0.4 is 4.90 Å². The van der Waals surface area contributed by atoms with Crippen LogP contribution in [-0.4, -0.2) is 0 Å². The fourth-order valence-corrected chi connectivity index (χ4v) is 8.10. The van der Waals surface area contributed by atoms with Gasteiger partial charge in [0, 0.05) is 50.2 Å². The minimum atomic E-state index is 0.865. The van der Waals surface area contributed by atoms with Gasteiger partial charge < -0.3 is 13.7 Å². The van der Waals surface area contributed by atoms with E-state index >= 15 is 0 Å². The van der Waals surface area contributed by atoms with Crippen LogP contribution in [-0.2, 0) is 0 Å². The number of para-hydroxylation sites is 2. The van der Waals surface area contributed by atoms with Crippen LogP contribution in [0, 0.1) is 0 Å². The van der Waals surface area contributed by atoms with Crippen LogP contribution in [0.15, 0.2) is 209 Å². The highest BCUT2D eigenvalue weighted by atomic mass is 16.3. The van der Waals surface area contributed by atoms with Crippen LogP contribution in [0.5, 0.6) is 0 Å². The molecule has 0 amide bonds. The molecular formula is C52H33NO2. The van der Waals surface area contributed by atoms with Gasteiger partial charge in [-0.3, -0.25) is 0 Å². The Labute approximate surface area is 317 Å². The molecule has 55 heavy (non-hydrogen) atoms. The maximum Gasteiger partial charge on any atom is 0.143 e. The molecule has 0 atom stereocenters. The summed E-state index contributed by atoms with van der Waals surface area (Å²) in [5, 5.41) is 6.95. The second-order valence-electron chi connectivity index (χ2n) is 14.1. The smallest absolute Gasteiger partial charge is 0.143 e. The summed E-state index contributed by atoms with van der Waals surface area (Å²) >= 11 is 0. The first kappa shape index (κ1) is 31.2. The van der Waals surface area contributed by atoms with Crippen LogP contribution in [0.25, 0.3) is 88.0 Å². The van der Waals surface area contributed by atoms with Gasteiger partial charge in [-0.1, -0.05) is 133 Å². The highest BCUT2D eigenvalue weighted by Gasteiger charge is 2.17. The molecule has 0 saturated carbocycles. The van der Waals surface area contributed by atoms with E-state index in [1.54, 1.807) is 0 Å². The fourth-order valence-electron chi connectivity index (χ4n) is 8.10. The van der Waals surface area contributed by atoms with Crippen molar-refractivity contribution in [1.82, 2.24) is 0 Å². The number of benzene rings is 9. The summed E-state index contributed by atoms with van der Waals surface area (Å²) in [5.41, 5.74) is 13.6. The van der Waals surface area contributed by atoms with Crippen LogP contribution in [0.3, 0.4) is 0 Å². The normalized spacial score (nSPS) is 11.6. The van der Waals surface area contributed by atoms with Crippen molar-refractivity contribution >= 4 is 71.7 Å². The minimum absolute atomic E-state index is 0.865. The summed E-state index contributed by atoms with van der Waals surface area (Å²) in [6, 6.07) is 71.0. The van der Waals surface area contributed by atoms with Crippen molar-refractivity contribution in [1.29, 1.82) is 0 Å². The number of hydrogen-bond acceptors (Lipinski definition) is 3. The van der Waals surface area contributed by atoms with E-state index in [2.05, 4.69) is 187 Å². The molecule has 0 aliphatic rings. The molecule has 9 aromatic carbocycles. The van der Waals surface area contributed by atoms with Gasteiger partial charge in [-0.15, -0.1) is 0 Å². The number of furan rings is 2. The van der Waals surface area contributed by atoms with E-state index in [0.717, 1.165) is 83.2 Å². The Kier molecular flexibility index (Phi) is 7.17. The number of nitrogens with zero attached hydrogens (tertiary/aromatic N) is 1. The van der Waals surface area contributed by atoms with Crippen LogP contribution in [0.1, 0.15) is 0 Å². The Hall–Kier alpha value is -7.36. The molecule has 0 fully saturated rings. The van der Waals surface area contributed by atoms with Gasteiger partial charge in [-0.25, -0.2) is 0 Å². The lowest BCUT2D eigenvalue weighted by molar-refractivity contribution is 0.669. The lowest BCUT2D eigenvalue weighted by Crippen LogP contribution is -2.09. The van der Waals surface area contributed by atoms with Gasteiger partial charge in [0.05, 0.1) is 0 Å². The third-order valence-corrected chi connectivity index (χ3v) is 10.9. The fraction of sp³-hybridized carbons (Fsp3) is 0. The second-order valence-corrected chi connectivity index (χ2v) is 14.1. The molecule has 2 heterocycles. The van der Waals surface area contributed by atoms with Crippen LogP contribution in [0.2, 0.25) is 0 Å². The quantitative estimate of drug-likeness (QED) is 0.173. The van der Waals surface area contributed by atoms with Gasteiger partial charge in [0.25, 0.3) is 0 Å². The number of hydrogen-bond donors (Lipinski definition) is 0. The lowest BCUT2D eigenvalue weighted by atomic mass is 9.99. The Morgan fingerprint density at radius 2 is 0.891 bits per heavy atom. The highest BCUT2D eigenvalue weighted by molar-refractivity contribution is 6.11. The van der Waals surface area contributed by atoms with Crippen LogP contribution >= 0.6 is 0 Å². The van der Waals surface area contributed by atoms with E-state index in [1.807, 2.05) is 18.2 Å². The van der Waals surface area contributed by atoms with E-state index in [1.165, 1.54) is 21.9 Å². The monoisotopic (exact) mass is 703 g/mol. The average Bonchev–Trinajstić information content (AvgIpc) is 3.82. The molecule has 0 bridgehead atoms. The maximum absolute atomic E-state index is 6.47. The van der Waals surface area contributed by atoms with Gasteiger partial charge in [-0.05, 0) is 99.3 Å². The molecule has 0 saturated heterocycles. The number of rotatable bonds is 6. The lowest BCUT2D eigenvalue weighted by Gasteiger charge is -2.26. The van der Waals surface area contributed by atoms with E-state index < -0.39 is 0 Å². The number of anilines is 3. The van der Waals surface area contributed by atoms with E-state index in [0.29, 0.717) is 0 Å². The standard InChI is InChI=1S/C52H33NO2/c1-2-10-37(11-3-1)44-14-8-15-47-48-32-40(23-30-50(48)55-52(44)47)36-21-26-42(27-22-36)53(43-28-29-46-45-13-6-7-16-49(45)54-51(46)33-43)41-24-19-35(20-25-41)39-18-17-34-9-4-5-12-38(34)31-39/h1-33H. The van der Waals surface area contributed by atoms with Crippen molar-refractivity contribution in [3.8, 4) is 33.4 Å². The largest absolute Gasteiger partial charge is 0.456 e. The molecule has 0 N–H and O–H groups in total. The molecule has 0 unspecified atom stereocenters. The summed E-state index contributed by atoms with van der Waals surface area (Å²) in [6.07, 6.45) is 0. The predicted octanol–water partition coefficient (Wildman–Crippen LogP) is 15.1. The summed E-state index contributed by atoms with van der Waals surface area (Å²) < 4.78 is 12.8. The molecule has 3 nitrogen and oxygen atoms in total. The summed E-state index contributed by atoms with van der Waals surface area (Å²) in [7, 11) is 0. The Balaban J connectivity index is 0.987. The first-order valence-corrected chi connectivity index (χ1v) is 18.7. The zero-order valence-electron chi connectivity index (χ0n) is 29.8. The third-order valence-electron chi connectivity index (χ3n) is 10.9. The molecule has 0 aliphatic carbocycles. The Morgan fingerprint density at radius 1 is 0.291 bits per heavy atom. The molecule has 2 aromatic heterocycles. The van der Waals surface area contributed by atoms with Crippen LogP contribution in [0.4, 0.5) is 17.1 Å². The molecule has 0 aliphatic heterocycles. The van der Waals surface area contributed by atoms with Gasteiger partial charge in [-0.2, -0.15) is 0 Å². The van der Waals surface area contributed by atoms with Crippen molar-refractivity contribution in [3.63, 3.8) is 0 Å². The molecule has 258 valence electrons. The summed E-state index contributed by atoms with van der Waals surface area (Å²) in [6.45, 7) is 0. The Morgan fingerprint density at radius 3 is 1.69 bits per heavy atom. The first-order chi connectivity index (χ1) is 27.2. The average molecular weight is 704 g/mol. The van der Waals surface area contributed by atoms with Crippen molar-refractivity contribution in [2.45, 2.75) is 0 Å². The van der Waals surface area contributed by atoms with Gasteiger partial charge >= 0.3 is 0 Å². The van der Waals surface area contributed by atoms with E-state index in [9.17, 15) is 0 Å². The van der Waals surface area contributed by atoms with Crippen molar-refractivity contribution in [2.75, 3.05) is 4.90 Å². The maximum atomic E-state index is 6.47. The predicted molar refractivity (Wildman–Crippen MR) is 229 cm³/mol. The van der Waals surface area contributed by atoms with Crippen molar-refractivity contribution < 1.29 is 8.83 Å². The minimum Gasteiger partial charge on any atom is -0.456 e. The van der Waals surface area contributed by atoms with E-state index in [-0.39, 0.29) is 0 Å². The highest BCUT2D eigenvalue weighted by Crippen LogP contribution is 2.41. The van der Waals surface area contributed by atoms with Crippen molar-refractivity contribution in [2.24, 2.45) is 0 Å². The van der Waals surface area contributed by atoms with Gasteiger partial charge in [0.1, 0.15) is 22.3 Å². The molecule has 3 heteroatoms. The van der Waals surface area contributed by atoms with Crippen molar-refractivity contribution in [3.05, 3.63) is 200 Å². The summed E-state index contributed by atoms with van der Waals surface area (Å²) in [5.74, 6) is 0. The Bertz CT molecular complexity index is 3190. The molecule has 0 spiro atoms. The van der Waals surface area contributed by atoms with Gasteiger partial charge in [0.2, 0.25) is 0 Å². The SMILES string of the molecule is c1ccc(-c2cccc3c2oc2ccc(-c4ccc(N(c5ccc(-c6ccc7ccccc7c6)cc5)c5ccc6c(c5)oc5ccccc56)cc4)cc23)cc1. The molecule has 11 rings (SSSR count). The molecular weight excluding hydrogens is 671 g/mol. The first-order valence-electron chi connectivity index (χ1n) is 18.7. The second kappa shape index (κ2) is 12.6. The topological polar surface area (TPSA) is 29.5 Å². The zero-order chi connectivity index (χ0) is 36.3. The summed E-state index contributed by atoms with van der Waals surface area (Å²) in [4.78, 5) is 2.30. The number of fused-ring (bicyclic) bond motifs is 7. The molecule has 11 aromatic rings. The molecule has 0 radical (unpaired) electrons. The third kappa shape index (κ3) is 5.36. The zero-order valence-corrected chi connectivity index (χ0v) is 29.8. The van der Waals surface area contributed by atoms with E-state index in [4.69, 9.17) is 8.83 Å². The van der Waals surface area contributed by atoms with Gasteiger partial charge in [0.15, 0.2) is 0 Å².